The van der Waals surface area contributed by atoms with E-state index < -0.39 is 0 Å². The van der Waals surface area contributed by atoms with Gasteiger partial charge in [0.25, 0.3) is 0 Å². The van der Waals surface area contributed by atoms with E-state index in [9.17, 15) is 4.79 Å². The molecule has 0 saturated carbocycles. The predicted octanol–water partition coefficient (Wildman–Crippen LogP) is 2.09. The van der Waals surface area contributed by atoms with Crippen molar-refractivity contribution in [3.63, 3.8) is 0 Å². The molecule has 0 atom stereocenters. The summed E-state index contributed by atoms with van der Waals surface area (Å²) in [5, 5.41) is 6.53. The number of hydrogen-bond donors (Lipinski definition) is 2. The van der Waals surface area contributed by atoms with Gasteiger partial charge in [-0.3, -0.25) is 4.79 Å². The molecule has 0 aliphatic carbocycles. The Hall–Kier alpha value is -0.570. The Bertz CT molecular complexity index is 334. The lowest BCUT2D eigenvalue weighted by atomic mass is 10.2. The third-order valence-electron chi connectivity index (χ3n) is 2.86. The highest BCUT2D eigenvalue weighted by Crippen LogP contribution is 1.94. The number of ether oxygens (including phenoxy) is 1. The van der Waals surface area contributed by atoms with Crippen molar-refractivity contribution < 1.29 is 9.53 Å². The quantitative estimate of drug-likeness (QED) is 0.235. The zero-order valence-electron chi connectivity index (χ0n) is 15.5. The van der Waals surface area contributed by atoms with Crippen molar-refractivity contribution in [2.24, 2.45) is 10.9 Å². The fourth-order valence-electron chi connectivity index (χ4n) is 1.52. The van der Waals surface area contributed by atoms with Crippen molar-refractivity contribution in [1.82, 2.24) is 15.5 Å². The number of aliphatic imine (C=N–C) groups is 1. The van der Waals surface area contributed by atoms with Gasteiger partial charge in [0.05, 0.1) is 6.10 Å². The van der Waals surface area contributed by atoms with E-state index in [2.05, 4.69) is 29.5 Å². The first-order chi connectivity index (χ1) is 10.3. The van der Waals surface area contributed by atoms with E-state index in [1.165, 1.54) is 0 Å². The Balaban J connectivity index is 0. The van der Waals surface area contributed by atoms with Crippen LogP contribution >= 0.6 is 24.0 Å². The second-order valence-corrected chi connectivity index (χ2v) is 6.28. The van der Waals surface area contributed by atoms with Crippen LogP contribution in [-0.4, -0.2) is 63.2 Å². The third-order valence-corrected chi connectivity index (χ3v) is 2.86. The average Bonchev–Trinajstić information content (AvgIpc) is 2.43. The highest BCUT2D eigenvalue weighted by molar-refractivity contribution is 14.0. The van der Waals surface area contributed by atoms with Crippen LogP contribution in [0.3, 0.4) is 0 Å². The first kappa shape index (κ1) is 24.7. The Morgan fingerprint density at radius 3 is 2.30 bits per heavy atom. The molecule has 0 aromatic rings. The Labute approximate surface area is 158 Å². The summed E-state index contributed by atoms with van der Waals surface area (Å²) in [5.41, 5.74) is 0. The molecule has 138 valence electrons. The Kier molecular flexibility index (Phi) is 16.1. The van der Waals surface area contributed by atoms with Crippen LogP contribution in [0, 0.1) is 5.92 Å². The number of hydrogen-bond acceptors (Lipinski definition) is 3. The monoisotopic (exact) mass is 442 g/mol. The smallest absolute Gasteiger partial charge is 0.243 e. The summed E-state index contributed by atoms with van der Waals surface area (Å²) in [4.78, 5) is 17.5. The number of carbonyl (C=O) groups is 1. The maximum atomic E-state index is 11.6. The molecule has 0 fully saturated rings. The van der Waals surface area contributed by atoms with E-state index in [1.807, 2.05) is 13.8 Å². The summed E-state index contributed by atoms with van der Waals surface area (Å²) >= 11 is 0. The molecule has 0 aromatic heterocycles. The molecule has 0 radical (unpaired) electrons. The van der Waals surface area contributed by atoms with Gasteiger partial charge >= 0.3 is 0 Å². The molecule has 7 heteroatoms. The van der Waals surface area contributed by atoms with Crippen LogP contribution in [0.4, 0.5) is 0 Å². The molecule has 23 heavy (non-hydrogen) atoms. The molecule has 6 nitrogen and oxygen atoms in total. The summed E-state index contributed by atoms with van der Waals surface area (Å²) in [7, 11) is 3.47. The van der Waals surface area contributed by atoms with Gasteiger partial charge in [-0.15, -0.1) is 24.0 Å². The highest BCUT2D eigenvalue weighted by atomic mass is 127. The van der Waals surface area contributed by atoms with Gasteiger partial charge in [-0.1, -0.05) is 13.8 Å². The maximum absolute atomic E-state index is 11.6. The molecule has 1 amide bonds. The molecule has 0 bridgehead atoms. The molecule has 0 aliphatic heterocycles. The zero-order valence-corrected chi connectivity index (χ0v) is 17.8. The van der Waals surface area contributed by atoms with Crippen LogP contribution in [-0.2, 0) is 9.53 Å². The number of unbranched alkanes of at least 4 members (excludes halogenated alkanes) is 1. The lowest BCUT2D eigenvalue weighted by molar-refractivity contribution is -0.127. The predicted molar refractivity (Wildman–Crippen MR) is 108 cm³/mol. The first-order valence-corrected chi connectivity index (χ1v) is 8.16. The molecule has 0 aromatic carbocycles. The van der Waals surface area contributed by atoms with E-state index in [4.69, 9.17) is 4.74 Å². The number of carbonyl (C=O) groups excluding carboxylic acids is 1. The molecular weight excluding hydrogens is 407 g/mol. The minimum absolute atomic E-state index is 0. The molecule has 0 unspecified atom stereocenters. The molecule has 0 saturated heterocycles. The van der Waals surface area contributed by atoms with Gasteiger partial charge in [0, 0.05) is 33.8 Å². The van der Waals surface area contributed by atoms with Gasteiger partial charge in [-0.2, -0.15) is 0 Å². The number of halogens is 1. The highest BCUT2D eigenvalue weighted by Gasteiger charge is 2.05. The van der Waals surface area contributed by atoms with Crippen LogP contribution in [0.25, 0.3) is 0 Å². The number of nitrogens with one attached hydrogen (secondary N) is 2. The summed E-state index contributed by atoms with van der Waals surface area (Å²) in [6.45, 7) is 11.0. The summed E-state index contributed by atoms with van der Waals surface area (Å²) in [6, 6.07) is 0. The van der Waals surface area contributed by atoms with E-state index in [1.54, 1.807) is 19.0 Å². The van der Waals surface area contributed by atoms with Crippen molar-refractivity contribution in [2.45, 2.75) is 46.6 Å². The van der Waals surface area contributed by atoms with Gasteiger partial charge in [-0.25, -0.2) is 4.99 Å². The second-order valence-electron chi connectivity index (χ2n) is 6.28. The van der Waals surface area contributed by atoms with Crippen LogP contribution in [0.5, 0.6) is 0 Å². The van der Waals surface area contributed by atoms with Crippen LogP contribution < -0.4 is 10.6 Å². The summed E-state index contributed by atoms with van der Waals surface area (Å²) < 4.78 is 5.51. The van der Waals surface area contributed by atoms with Crippen LogP contribution in [0.15, 0.2) is 4.99 Å². The number of amides is 1. The lowest BCUT2D eigenvalue weighted by Crippen LogP contribution is -2.40. The summed E-state index contributed by atoms with van der Waals surface area (Å²) in [6.07, 6.45) is 2.31. The van der Waals surface area contributed by atoms with Gasteiger partial charge in [0.2, 0.25) is 5.91 Å². The summed E-state index contributed by atoms with van der Waals surface area (Å²) in [5.74, 6) is 1.22. The first-order valence-electron chi connectivity index (χ1n) is 8.16. The number of rotatable bonds is 10. The molecule has 0 aliphatic rings. The van der Waals surface area contributed by atoms with Crippen molar-refractivity contribution in [2.75, 3.05) is 40.3 Å². The minimum Gasteiger partial charge on any atom is -0.379 e. The topological polar surface area (TPSA) is 66.0 Å². The van der Waals surface area contributed by atoms with E-state index >= 15 is 0 Å². The van der Waals surface area contributed by atoms with Crippen molar-refractivity contribution in [1.29, 1.82) is 0 Å². The standard InChI is InChI=1S/C16H34N4O2.HI/c1-13(2)11-18-16(19-12-15(21)20(5)6)17-9-7-8-10-22-14(3)4;/h13-14H,7-12H2,1-6H3,(H2,17,18,19);1H. The SMILES string of the molecule is CC(C)CNC(=NCC(=O)N(C)C)NCCCCOC(C)C.I. The Morgan fingerprint density at radius 1 is 1.13 bits per heavy atom. The molecule has 0 spiro atoms. The van der Waals surface area contributed by atoms with E-state index in [0.717, 1.165) is 32.5 Å². The van der Waals surface area contributed by atoms with Crippen molar-refractivity contribution in [3.8, 4) is 0 Å². The lowest BCUT2D eigenvalue weighted by Gasteiger charge is -2.15. The van der Waals surface area contributed by atoms with Gasteiger partial charge in [-0.05, 0) is 32.6 Å². The van der Waals surface area contributed by atoms with Crippen LogP contribution in [0.2, 0.25) is 0 Å². The van der Waals surface area contributed by atoms with Gasteiger partial charge in [0.1, 0.15) is 6.54 Å². The van der Waals surface area contributed by atoms with Crippen LogP contribution in [0.1, 0.15) is 40.5 Å². The van der Waals surface area contributed by atoms with Crippen molar-refractivity contribution in [3.05, 3.63) is 0 Å². The Morgan fingerprint density at radius 2 is 1.78 bits per heavy atom. The zero-order chi connectivity index (χ0) is 17.0. The largest absolute Gasteiger partial charge is 0.379 e. The number of nitrogens with zero attached hydrogens (tertiary/aromatic N) is 2. The van der Waals surface area contributed by atoms with Gasteiger partial charge in [0.15, 0.2) is 5.96 Å². The molecule has 2 N–H and O–H groups in total. The normalized spacial score (nSPS) is 11.4. The van der Waals surface area contributed by atoms with Crippen molar-refractivity contribution >= 4 is 35.8 Å². The fourth-order valence-corrected chi connectivity index (χ4v) is 1.52. The van der Waals surface area contributed by atoms with Gasteiger partial charge < -0.3 is 20.3 Å². The average molecular weight is 442 g/mol. The number of likely N-dealkylation sites (N-methyl/N-ethyl adjacent to an activating group) is 1. The van der Waals surface area contributed by atoms with E-state index in [-0.39, 0.29) is 42.5 Å². The fraction of sp³-hybridized carbons (Fsp3) is 0.875. The molecule has 0 heterocycles. The second kappa shape index (κ2) is 15.0. The maximum Gasteiger partial charge on any atom is 0.243 e. The molecule has 0 rings (SSSR count). The number of guanidine groups is 1. The third kappa shape index (κ3) is 16.1. The molecular formula is C16H35IN4O2. The van der Waals surface area contributed by atoms with E-state index in [0.29, 0.717) is 11.9 Å². The minimum atomic E-state index is -0.00372.